The number of hydrogen-bond acceptors (Lipinski definition) is 5. The van der Waals surface area contributed by atoms with E-state index in [4.69, 9.17) is 9.47 Å². The third-order valence-corrected chi connectivity index (χ3v) is 6.03. The number of aliphatic hydroxyl groups is 1. The van der Waals surface area contributed by atoms with Gasteiger partial charge in [0.05, 0.1) is 0 Å². The Morgan fingerprint density at radius 2 is 1.72 bits per heavy atom. The molecular weight excluding hydrogens is 372 g/mol. The molecule has 2 unspecified atom stereocenters. The van der Waals surface area contributed by atoms with Gasteiger partial charge in [0.25, 0.3) is 0 Å². The second kappa shape index (κ2) is 8.70. The van der Waals surface area contributed by atoms with E-state index in [-0.39, 0.29) is 30.1 Å². The number of aliphatic hydroxyl groups excluding tert-OH is 1. The van der Waals surface area contributed by atoms with Crippen LogP contribution in [0.25, 0.3) is 0 Å². The number of likely N-dealkylation sites (tertiary alicyclic amines) is 1. The van der Waals surface area contributed by atoms with Gasteiger partial charge in [0.2, 0.25) is 0 Å². The van der Waals surface area contributed by atoms with E-state index in [1.165, 1.54) is 0 Å². The Labute approximate surface area is 175 Å². The average Bonchev–Trinajstić information content (AvgIpc) is 2.90. The molecule has 3 atom stereocenters. The predicted molar refractivity (Wildman–Crippen MR) is 112 cm³/mol. The Kier molecular flexibility index (Phi) is 7.13. The highest BCUT2D eigenvalue weighted by Crippen LogP contribution is 2.52. The average molecular weight is 413 g/mol. The summed E-state index contributed by atoms with van der Waals surface area (Å²) >= 11 is 0. The van der Waals surface area contributed by atoms with Gasteiger partial charge in [-0.2, -0.15) is 0 Å². The molecule has 0 aromatic heterocycles. The smallest absolute Gasteiger partial charge is 0.410 e. The fourth-order valence-electron chi connectivity index (χ4n) is 4.58. The molecule has 1 aliphatic carbocycles. The number of nitrogens with one attached hydrogen (secondary N) is 1. The first kappa shape index (κ1) is 23.8. The minimum Gasteiger partial charge on any atom is -0.444 e. The number of ether oxygens (including phenoxy) is 2. The number of alkyl carbamates (subject to hydrolysis) is 1. The molecule has 2 rings (SSSR count). The first-order valence-electron chi connectivity index (χ1n) is 10.8. The summed E-state index contributed by atoms with van der Waals surface area (Å²) in [6, 6.07) is -0.186. The standard InChI is InChI=1S/C22H40N2O5/c1-15(23-18(26)28-20(2,3)4)16(12-25)11-17-9-8-10-22(17)13-24(14-22)19(27)29-21(5,6)7/h15-17,25H,8-14H2,1-7H3,(H,23,26)/t15-,16?,17?/m1/s1. The van der Waals surface area contributed by atoms with Crippen LogP contribution in [0.3, 0.4) is 0 Å². The van der Waals surface area contributed by atoms with Gasteiger partial charge in [0.15, 0.2) is 0 Å². The molecule has 2 aliphatic rings. The lowest BCUT2D eigenvalue weighted by Gasteiger charge is -2.52. The second-order valence-electron chi connectivity index (χ2n) is 10.9. The van der Waals surface area contributed by atoms with Gasteiger partial charge in [-0.1, -0.05) is 6.42 Å². The topological polar surface area (TPSA) is 88.1 Å². The maximum atomic E-state index is 12.3. The third kappa shape index (κ3) is 6.49. The summed E-state index contributed by atoms with van der Waals surface area (Å²) < 4.78 is 10.8. The lowest BCUT2D eigenvalue weighted by atomic mass is 9.68. The molecule has 2 fully saturated rings. The number of hydrogen-bond donors (Lipinski definition) is 2. The van der Waals surface area contributed by atoms with Crippen molar-refractivity contribution in [3.8, 4) is 0 Å². The number of carbonyl (C=O) groups excluding carboxylic acids is 2. The summed E-state index contributed by atoms with van der Waals surface area (Å²) in [4.78, 5) is 26.2. The lowest BCUT2D eigenvalue weighted by molar-refractivity contribution is -0.0558. The molecule has 168 valence electrons. The van der Waals surface area contributed by atoms with E-state index in [0.717, 1.165) is 38.8 Å². The van der Waals surface area contributed by atoms with Crippen LogP contribution in [0.2, 0.25) is 0 Å². The van der Waals surface area contributed by atoms with Crippen LogP contribution >= 0.6 is 0 Å². The third-order valence-electron chi connectivity index (χ3n) is 6.03. The molecule has 1 heterocycles. The highest BCUT2D eigenvalue weighted by molar-refractivity contribution is 5.69. The lowest BCUT2D eigenvalue weighted by Crippen LogP contribution is -2.61. The molecule has 0 radical (unpaired) electrons. The molecule has 29 heavy (non-hydrogen) atoms. The molecule has 1 saturated carbocycles. The summed E-state index contributed by atoms with van der Waals surface area (Å²) in [6.07, 6.45) is 3.46. The summed E-state index contributed by atoms with van der Waals surface area (Å²) in [5.74, 6) is 0.388. The van der Waals surface area contributed by atoms with Gasteiger partial charge < -0.3 is 24.8 Å². The molecule has 0 aromatic rings. The van der Waals surface area contributed by atoms with E-state index in [2.05, 4.69) is 5.32 Å². The van der Waals surface area contributed by atoms with Crippen LogP contribution in [0.15, 0.2) is 0 Å². The highest BCUT2D eigenvalue weighted by Gasteiger charge is 2.53. The van der Waals surface area contributed by atoms with Gasteiger partial charge in [-0.15, -0.1) is 0 Å². The van der Waals surface area contributed by atoms with Gasteiger partial charge in [-0.25, -0.2) is 9.59 Å². The van der Waals surface area contributed by atoms with Gasteiger partial charge >= 0.3 is 12.2 Å². The fourth-order valence-corrected chi connectivity index (χ4v) is 4.58. The number of rotatable bonds is 5. The number of amides is 2. The first-order valence-corrected chi connectivity index (χ1v) is 10.8. The van der Waals surface area contributed by atoms with Crippen LogP contribution in [-0.4, -0.2) is 59.1 Å². The van der Waals surface area contributed by atoms with Crippen LogP contribution in [0, 0.1) is 17.3 Å². The minimum atomic E-state index is -0.551. The van der Waals surface area contributed by atoms with Gasteiger partial charge in [0, 0.05) is 37.1 Å². The van der Waals surface area contributed by atoms with Crippen LogP contribution in [0.5, 0.6) is 0 Å². The Hall–Kier alpha value is -1.50. The first-order chi connectivity index (χ1) is 13.2. The van der Waals surface area contributed by atoms with E-state index in [1.807, 2.05) is 48.5 Å². The monoisotopic (exact) mass is 412 g/mol. The summed E-state index contributed by atoms with van der Waals surface area (Å²) in [7, 11) is 0. The largest absolute Gasteiger partial charge is 0.444 e. The zero-order valence-corrected chi connectivity index (χ0v) is 19.2. The van der Waals surface area contributed by atoms with Crippen molar-refractivity contribution in [2.45, 2.75) is 91.4 Å². The normalized spacial score (nSPS) is 23.3. The highest BCUT2D eigenvalue weighted by atomic mass is 16.6. The van der Waals surface area contributed by atoms with Crippen molar-refractivity contribution in [2.24, 2.45) is 17.3 Å². The van der Waals surface area contributed by atoms with Crippen molar-refractivity contribution in [3.05, 3.63) is 0 Å². The van der Waals surface area contributed by atoms with E-state index in [0.29, 0.717) is 5.92 Å². The Bertz CT molecular complexity index is 587. The molecule has 1 aliphatic heterocycles. The van der Waals surface area contributed by atoms with Crippen molar-refractivity contribution < 1.29 is 24.2 Å². The number of carbonyl (C=O) groups is 2. The zero-order valence-electron chi connectivity index (χ0n) is 19.2. The van der Waals surface area contributed by atoms with Gasteiger partial charge in [0.1, 0.15) is 11.2 Å². The van der Waals surface area contributed by atoms with Crippen LogP contribution < -0.4 is 5.32 Å². The summed E-state index contributed by atoms with van der Waals surface area (Å²) in [5.41, 5.74) is -0.916. The molecule has 7 heteroatoms. The molecule has 0 aromatic carbocycles. The Balaban J connectivity index is 1.91. The minimum absolute atomic E-state index is 0.0132. The maximum absolute atomic E-state index is 12.3. The van der Waals surface area contributed by atoms with Crippen molar-refractivity contribution in [1.82, 2.24) is 10.2 Å². The summed E-state index contributed by atoms with van der Waals surface area (Å²) in [6.45, 7) is 14.5. The van der Waals surface area contributed by atoms with E-state index >= 15 is 0 Å². The Morgan fingerprint density at radius 1 is 1.14 bits per heavy atom. The molecule has 7 nitrogen and oxygen atoms in total. The van der Waals surface area contributed by atoms with Crippen molar-refractivity contribution in [1.29, 1.82) is 0 Å². The molecule has 2 amide bonds. The Morgan fingerprint density at radius 3 is 2.24 bits per heavy atom. The maximum Gasteiger partial charge on any atom is 0.410 e. The van der Waals surface area contributed by atoms with Crippen LogP contribution in [0.1, 0.15) is 74.1 Å². The quantitative estimate of drug-likeness (QED) is 0.714. The van der Waals surface area contributed by atoms with E-state index < -0.39 is 17.3 Å². The van der Waals surface area contributed by atoms with Crippen molar-refractivity contribution in [2.75, 3.05) is 19.7 Å². The molecule has 1 spiro atoms. The van der Waals surface area contributed by atoms with Crippen LogP contribution in [-0.2, 0) is 9.47 Å². The second-order valence-corrected chi connectivity index (χ2v) is 10.9. The molecule has 2 N–H and O–H groups in total. The van der Waals surface area contributed by atoms with Crippen LogP contribution in [0.4, 0.5) is 9.59 Å². The molecule has 1 saturated heterocycles. The van der Waals surface area contributed by atoms with E-state index in [1.54, 1.807) is 4.90 Å². The van der Waals surface area contributed by atoms with E-state index in [9.17, 15) is 14.7 Å². The van der Waals surface area contributed by atoms with Crippen molar-refractivity contribution in [3.63, 3.8) is 0 Å². The predicted octanol–water partition coefficient (Wildman–Crippen LogP) is 3.94. The van der Waals surface area contributed by atoms with Crippen molar-refractivity contribution >= 4 is 12.2 Å². The number of nitrogens with zero attached hydrogens (tertiary/aromatic N) is 1. The van der Waals surface area contributed by atoms with Gasteiger partial charge in [-0.05, 0) is 73.6 Å². The summed E-state index contributed by atoms with van der Waals surface area (Å²) in [5, 5.41) is 12.8. The molecular formula is C22H40N2O5. The van der Waals surface area contributed by atoms with Gasteiger partial charge in [-0.3, -0.25) is 0 Å². The fraction of sp³-hybridized carbons (Fsp3) is 0.909. The SMILES string of the molecule is C[C@@H](NC(=O)OC(C)(C)C)C(CO)CC1CCCC12CN(C(=O)OC(C)(C)C)C2. The zero-order chi connectivity index (χ0) is 22.0. The molecule has 0 bridgehead atoms.